The van der Waals surface area contributed by atoms with Gasteiger partial charge in [-0.25, -0.2) is 4.40 Å². The summed E-state index contributed by atoms with van der Waals surface area (Å²) in [5.74, 6) is 0. The highest BCUT2D eigenvalue weighted by Crippen LogP contribution is 2.14. The van der Waals surface area contributed by atoms with Gasteiger partial charge in [-0.1, -0.05) is 11.6 Å². The molecule has 0 fully saturated rings. The van der Waals surface area contributed by atoms with Crippen LogP contribution in [0.15, 0.2) is 27.3 Å². The number of nitrogens with one attached hydrogen (secondary N) is 1. The number of nitrogens with zero attached hydrogens (tertiary/aromatic N) is 1. The van der Waals surface area contributed by atoms with Crippen molar-refractivity contribution in [2.45, 2.75) is 0 Å². The van der Waals surface area contributed by atoms with Crippen molar-refractivity contribution in [3.05, 3.63) is 22.9 Å². The van der Waals surface area contributed by atoms with Gasteiger partial charge in [0.15, 0.2) is 0 Å². The molecule has 0 amide bonds. The van der Waals surface area contributed by atoms with E-state index < -0.39 is 0 Å². The fourth-order valence-corrected chi connectivity index (χ4v) is 1.06. The number of hydrogen-bond donors (Lipinski definition) is 3. The number of thiol groups is 1. The van der Waals surface area contributed by atoms with E-state index in [-0.39, 0.29) is 5.71 Å². The van der Waals surface area contributed by atoms with Crippen molar-refractivity contribution < 1.29 is 0 Å². The maximum Gasteiger partial charge on any atom is 0.120 e. The molecular weight excluding hydrogens is 182 g/mol. The van der Waals surface area contributed by atoms with Gasteiger partial charge in [-0.15, -0.1) is 0 Å². The third-order valence-electron chi connectivity index (χ3n) is 1.26. The minimum absolute atomic E-state index is 0.224. The van der Waals surface area contributed by atoms with Crippen molar-refractivity contribution in [3.8, 4) is 0 Å². The summed E-state index contributed by atoms with van der Waals surface area (Å²) < 4.78 is 3.53. The zero-order valence-corrected chi connectivity index (χ0v) is 7.15. The number of nitrogens with two attached hydrogens (primary N) is 1. The van der Waals surface area contributed by atoms with Gasteiger partial charge in [-0.05, 0) is 25.0 Å². The Balaban J connectivity index is 3.17. The summed E-state index contributed by atoms with van der Waals surface area (Å²) in [4.78, 5) is 0. The van der Waals surface area contributed by atoms with Gasteiger partial charge >= 0.3 is 0 Å². The SMILES string of the molecule is N=C1C=CC(Cl)=C(N)/C1=N/S. The van der Waals surface area contributed by atoms with Crippen LogP contribution in [0.5, 0.6) is 0 Å². The molecule has 0 unspecified atom stereocenters. The van der Waals surface area contributed by atoms with Crippen LogP contribution in [0.1, 0.15) is 0 Å². The third-order valence-corrected chi connectivity index (χ3v) is 1.79. The van der Waals surface area contributed by atoms with Crippen LogP contribution in [0.4, 0.5) is 0 Å². The van der Waals surface area contributed by atoms with E-state index in [0.717, 1.165) is 0 Å². The van der Waals surface area contributed by atoms with Crippen molar-refractivity contribution >= 4 is 35.8 Å². The fraction of sp³-hybridized carbons (Fsp3) is 0. The molecule has 1 aliphatic carbocycles. The number of hydrogen-bond acceptors (Lipinski definition) is 4. The van der Waals surface area contributed by atoms with E-state index in [1.807, 2.05) is 0 Å². The lowest BCUT2D eigenvalue weighted by Gasteiger charge is -2.09. The largest absolute Gasteiger partial charge is 0.396 e. The highest BCUT2D eigenvalue weighted by Gasteiger charge is 2.14. The molecule has 0 saturated heterocycles. The molecule has 0 aliphatic heterocycles. The average molecular weight is 188 g/mol. The van der Waals surface area contributed by atoms with Gasteiger partial charge in [-0.2, -0.15) is 0 Å². The van der Waals surface area contributed by atoms with Gasteiger partial charge in [0.2, 0.25) is 0 Å². The monoisotopic (exact) mass is 187 g/mol. The molecule has 58 valence electrons. The molecule has 0 heterocycles. The number of halogens is 1. The van der Waals surface area contributed by atoms with Crippen molar-refractivity contribution in [2.24, 2.45) is 10.1 Å². The quantitative estimate of drug-likeness (QED) is 0.388. The van der Waals surface area contributed by atoms with E-state index in [0.29, 0.717) is 16.4 Å². The van der Waals surface area contributed by atoms with Gasteiger partial charge in [0.05, 0.1) is 16.4 Å². The molecule has 1 rings (SSSR count). The second-order valence-corrected chi connectivity index (χ2v) is 2.56. The summed E-state index contributed by atoms with van der Waals surface area (Å²) in [6.45, 7) is 0. The zero-order valence-electron chi connectivity index (χ0n) is 5.50. The predicted molar refractivity (Wildman–Crippen MR) is 50.4 cm³/mol. The van der Waals surface area contributed by atoms with E-state index in [1.54, 1.807) is 6.08 Å². The summed E-state index contributed by atoms with van der Waals surface area (Å²) in [7, 11) is 0. The Bertz CT molecular complexity index is 290. The second kappa shape index (κ2) is 3.11. The Labute approximate surface area is 74.7 Å². The van der Waals surface area contributed by atoms with Crippen LogP contribution in [0.3, 0.4) is 0 Å². The third kappa shape index (κ3) is 1.46. The average Bonchev–Trinajstić information content (AvgIpc) is 1.99. The molecule has 3 N–H and O–H groups in total. The molecule has 0 spiro atoms. The van der Waals surface area contributed by atoms with Crippen LogP contribution in [-0.4, -0.2) is 11.4 Å². The van der Waals surface area contributed by atoms with Gasteiger partial charge in [0.25, 0.3) is 0 Å². The Kier molecular flexibility index (Phi) is 2.36. The summed E-state index contributed by atoms with van der Waals surface area (Å²) >= 11 is 9.33. The lowest BCUT2D eigenvalue weighted by molar-refractivity contribution is 1.43. The summed E-state index contributed by atoms with van der Waals surface area (Å²) in [6.07, 6.45) is 3.08. The summed E-state index contributed by atoms with van der Waals surface area (Å²) in [5.41, 5.74) is 6.34. The first-order valence-corrected chi connectivity index (χ1v) is 3.59. The first kappa shape index (κ1) is 8.36. The maximum atomic E-state index is 7.33. The minimum Gasteiger partial charge on any atom is -0.396 e. The molecule has 5 heteroatoms. The number of allylic oxidation sites excluding steroid dienone is 4. The molecule has 0 aromatic carbocycles. The van der Waals surface area contributed by atoms with Crippen LogP contribution in [0, 0.1) is 5.41 Å². The van der Waals surface area contributed by atoms with Gasteiger partial charge in [-0.3, -0.25) is 5.41 Å². The van der Waals surface area contributed by atoms with Crippen LogP contribution in [0.2, 0.25) is 0 Å². The van der Waals surface area contributed by atoms with Crippen molar-refractivity contribution in [2.75, 3.05) is 0 Å². The van der Waals surface area contributed by atoms with Gasteiger partial charge in [0, 0.05) is 0 Å². The maximum absolute atomic E-state index is 7.33. The van der Waals surface area contributed by atoms with E-state index in [2.05, 4.69) is 17.2 Å². The fourth-order valence-electron chi connectivity index (χ4n) is 0.691. The molecule has 0 radical (unpaired) electrons. The normalized spacial score (nSPS) is 21.6. The van der Waals surface area contributed by atoms with Gasteiger partial charge in [0.1, 0.15) is 5.71 Å². The first-order valence-electron chi connectivity index (χ1n) is 2.81. The Morgan fingerprint density at radius 1 is 1.55 bits per heavy atom. The number of rotatable bonds is 0. The van der Waals surface area contributed by atoms with E-state index in [1.165, 1.54) is 6.08 Å². The highest BCUT2D eigenvalue weighted by molar-refractivity contribution is 7.79. The topological polar surface area (TPSA) is 62.2 Å². The lowest BCUT2D eigenvalue weighted by Crippen LogP contribution is -2.22. The van der Waals surface area contributed by atoms with Crippen molar-refractivity contribution in [3.63, 3.8) is 0 Å². The second-order valence-electron chi connectivity index (χ2n) is 1.96. The van der Waals surface area contributed by atoms with Crippen molar-refractivity contribution in [1.82, 2.24) is 0 Å². The zero-order chi connectivity index (χ0) is 8.43. The highest BCUT2D eigenvalue weighted by atomic mass is 35.5. The summed E-state index contributed by atoms with van der Waals surface area (Å²) in [6, 6.07) is 0. The molecule has 0 aromatic rings. The minimum atomic E-state index is 0.224. The molecule has 11 heavy (non-hydrogen) atoms. The van der Waals surface area contributed by atoms with Crippen molar-refractivity contribution in [1.29, 1.82) is 5.41 Å². The molecule has 1 aliphatic rings. The Hall–Kier alpha value is -0.740. The smallest absolute Gasteiger partial charge is 0.120 e. The first-order chi connectivity index (χ1) is 5.16. The standard InChI is InChI=1S/C6H6ClN3S/c7-3-1-2-4(8)6(10-11)5(3)9/h1-2,8,11H,9H2/b8-4?,10-6+. The van der Waals surface area contributed by atoms with Crippen LogP contribution >= 0.6 is 24.4 Å². The van der Waals surface area contributed by atoms with E-state index in [9.17, 15) is 0 Å². The van der Waals surface area contributed by atoms with Crippen LogP contribution in [0.25, 0.3) is 0 Å². The molecular formula is C6H6ClN3S. The predicted octanol–water partition coefficient (Wildman–Crippen LogP) is 1.27. The summed E-state index contributed by atoms with van der Waals surface area (Å²) in [5, 5.41) is 7.72. The van der Waals surface area contributed by atoms with E-state index in [4.69, 9.17) is 22.7 Å². The Morgan fingerprint density at radius 2 is 2.18 bits per heavy atom. The molecule has 0 saturated carbocycles. The molecule has 0 aromatic heterocycles. The molecule has 3 nitrogen and oxygen atoms in total. The van der Waals surface area contributed by atoms with Gasteiger partial charge < -0.3 is 5.73 Å². The Morgan fingerprint density at radius 3 is 2.64 bits per heavy atom. The van der Waals surface area contributed by atoms with E-state index >= 15 is 0 Å². The lowest BCUT2D eigenvalue weighted by atomic mass is 10.1. The van der Waals surface area contributed by atoms with Crippen LogP contribution < -0.4 is 5.73 Å². The van der Waals surface area contributed by atoms with Crippen LogP contribution in [-0.2, 0) is 0 Å². The molecule has 0 atom stereocenters. The molecule has 0 bridgehead atoms.